The molecule has 1 aliphatic rings. The molecule has 0 spiro atoms. The lowest BCUT2D eigenvalue weighted by Crippen LogP contribution is -2.44. The molecule has 1 amide bonds. The number of nitrogens with one attached hydrogen (secondary N) is 1. The van der Waals surface area contributed by atoms with Gasteiger partial charge in [0.15, 0.2) is 0 Å². The Bertz CT molecular complexity index is 466. The molecule has 3 N–H and O–H groups in total. The Labute approximate surface area is 121 Å². The average molecular weight is 277 g/mol. The van der Waals surface area contributed by atoms with Crippen molar-refractivity contribution in [3.8, 4) is 0 Å². The number of aryl methyl sites for hydroxylation is 1. The van der Waals surface area contributed by atoms with Crippen LogP contribution < -0.4 is 11.1 Å². The monoisotopic (exact) mass is 277 g/mol. The minimum Gasteiger partial charge on any atom is -0.397 e. The first-order valence-corrected chi connectivity index (χ1v) is 7.79. The van der Waals surface area contributed by atoms with E-state index >= 15 is 0 Å². The van der Waals surface area contributed by atoms with Gasteiger partial charge in [-0.05, 0) is 30.7 Å². The summed E-state index contributed by atoms with van der Waals surface area (Å²) < 4.78 is 1.96. The molecule has 20 heavy (non-hydrogen) atoms. The van der Waals surface area contributed by atoms with Crippen molar-refractivity contribution in [1.29, 1.82) is 0 Å². The zero-order valence-corrected chi connectivity index (χ0v) is 12.9. The maximum absolute atomic E-state index is 12.5. The Morgan fingerprint density at radius 1 is 1.45 bits per heavy atom. The van der Waals surface area contributed by atoms with E-state index in [1.807, 2.05) is 10.8 Å². The number of nitrogens with two attached hydrogens (primary N) is 1. The van der Waals surface area contributed by atoms with E-state index in [-0.39, 0.29) is 11.9 Å². The SMILES string of the molecule is CCCn1cc(N)cc1C(=O)NC1CCCC(C)C1C. The van der Waals surface area contributed by atoms with Gasteiger partial charge in [0, 0.05) is 18.8 Å². The molecule has 1 aromatic rings. The molecule has 1 saturated carbocycles. The van der Waals surface area contributed by atoms with Crippen molar-refractivity contribution in [1.82, 2.24) is 9.88 Å². The van der Waals surface area contributed by atoms with Crippen LogP contribution in [0.25, 0.3) is 0 Å². The maximum Gasteiger partial charge on any atom is 0.268 e. The fraction of sp³-hybridized carbons (Fsp3) is 0.688. The number of nitrogen functional groups attached to an aromatic ring is 1. The van der Waals surface area contributed by atoms with Crippen molar-refractivity contribution in [2.45, 2.75) is 59.0 Å². The van der Waals surface area contributed by atoms with Gasteiger partial charge in [-0.25, -0.2) is 0 Å². The van der Waals surface area contributed by atoms with Crippen molar-refractivity contribution in [3.05, 3.63) is 18.0 Å². The molecule has 0 aromatic carbocycles. The summed E-state index contributed by atoms with van der Waals surface area (Å²) in [7, 11) is 0. The molecule has 0 bridgehead atoms. The Morgan fingerprint density at radius 2 is 2.20 bits per heavy atom. The zero-order valence-electron chi connectivity index (χ0n) is 12.9. The van der Waals surface area contributed by atoms with Gasteiger partial charge in [0.05, 0.1) is 5.69 Å². The molecule has 3 atom stereocenters. The van der Waals surface area contributed by atoms with Crippen LogP contribution in [0, 0.1) is 11.8 Å². The Balaban J connectivity index is 2.08. The highest BCUT2D eigenvalue weighted by Crippen LogP contribution is 2.29. The lowest BCUT2D eigenvalue weighted by Gasteiger charge is -2.34. The summed E-state index contributed by atoms with van der Waals surface area (Å²) in [5.74, 6) is 1.24. The number of hydrogen-bond donors (Lipinski definition) is 2. The van der Waals surface area contributed by atoms with E-state index in [2.05, 4.69) is 26.1 Å². The van der Waals surface area contributed by atoms with Gasteiger partial charge in [-0.1, -0.05) is 33.6 Å². The number of carbonyl (C=O) groups is 1. The maximum atomic E-state index is 12.5. The van der Waals surface area contributed by atoms with Crippen LogP contribution in [-0.2, 0) is 6.54 Å². The number of nitrogens with zero attached hydrogens (tertiary/aromatic N) is 1. The van der Waals surface area contributed by atoms with Gasteiger partial charge in [-0.3, -0.25) is 4.79 Å². The zero-order chi connectivity index (χ0) is 14.7. The first-order valence-electron chi connectivity index (χ1n) is 7.79. The van der Waals surface area contributed by atoms with Gasteiger partial charge in [0.2, 0.25) is 0 Å². The largest absolute Gasteiger partial charge is 0.397 e. The smallest absolute Gasteiger partial charge is 0.268 e. The van der Waals surface area contributed by atoms with E-state index in [0.717, 1.165) is 19.4 Å². The van der Waals surface area contributed by atoms with Crippen LogP contribution in [0.5, 0.6) is 0 Å². The van der Waals surface area contributed by atoms with Gasteiger partial charge in [0.1, 0.15) is 5.69 Å². The third-order valence-electron chi connectivity index (χ3n) is 4.64. The molecule has 1 fully saturated rings. The molecule has 1 aliphatic carbocycles. The van der Waals surface area contributed by atoms with E-state index in [0.29, 0.717) is 23.2 Å². The van der Waals surface area contributed by atoms with E-state index < -0.39 is 0 Å². The third kappa shape index (κ3) is 3.17. The summed E-state index contributed by atoms with van der Waals surface area (Å²) in [5.41, 5.74) is 7.18. The average Bonchev–Trinajstić information content (AvgIpc) is 2.76. The number of anilines is 1. The fourth-order valence-electron chi connectivity index (χ4n) is 3.18. The van der Waals surface area contributed by atoms with E-state index in [1.165, 1.54) is 12.8 Å². The molecule has 3 unspecified atom stereocenters. The summed E-state index contributed by atoms with van der Waals surface area (Å²) in [4.78, 5) is 12.5. The number of rotatable bonds is 4. The predicted octanol–water partition coefficient (Wildman–Crippen LogP) is 3.03. The fourth-order valence-corrected chi connectivity index (χ4v) is 3.18. The topological polar surface area (TPSA) is 60.0 Å². The predicted molar refractivity (Wildman–Crippen MR) is 82.6 cm³/mol. The second kappa shape index (κ2) is 6.33. The molecule has 4 nitrogen and oxygen atoms in total. The second-order valence-electron chi connectivity index (χ2n) is 6.20. The number of aromatic nitrogens is 1. The number of carbonyl (C=O) groups excluding carboxylic acids is 1. The quantitative estimate of drug-likeness (QED) is 0.888. The summed E-state index contributed by atoms with van der Waals surface area (Å²) in [5, 5.41) is 3.21. The van der Waals surface area contributed by atoms with Crippen molar-refractivity contribution in [2.24, 2.45) is 11.8 Å². The van der Waals surface area contributed by atoms with Gasteiger partial charge < -0.3 is 15.6 Å². The number of amides is 1. The van der Waals surface area contributed by atoms with Crippen molar-refractivity contribution >= 4 is 11.6 Å². The van der Waals surface area contributed by atoms with Crippen LogP contribution in [0.2, 0.25) is 0 Å². The molecule has 4 heteroatoms. The van der Waals surface area contributed by atoms with E-state index in [9.17, 15) is 4.79 Å². The van der Waals surface area contributed by atoms with Crippen LogP contribution in [0.15, 0.2) is 12.3 Å². The standard InChI is InChI=1S/C16H27N3O/c1-4-8-19-10-13(17)9-15(19)16(20)18-14-7-5-6-11(2)12(14)3/h9-12,14H,4-8,17H2,1-3H3,(H,18,20). The molecule has 2 rings (SSSR count). The van der Waals surface area contributed by atoms with Crippen molar-refractivity contribution in [3.63, 3.8) is 0 Å². The van der Waals surface area contributed by atoms with Gasteiger partial charge in [0.25, 0.3) is 5.91 Å². The lowest BCUT2D eigenvalue weighted by molar-refractivity contribution is 0.0881. The van der Waals surface area contributed by atoms with Gasteiger partial charge in [-0.15, -0.1) is 0 Å². The van der Waals surface area contributed by atoms with Gasteiger partial charge in [-0.2, -0.15) is 0 Å². The van der Waals surface area contributed by atoms with Gasteiger partial charge >= 0.3 is 0 Å². The van der Waals surface area contributed by atoms with Crippen LogP contribution >= 0.6 is 0 Å². The van der Waals surface area contributed by atoms with E-state index in [1.54, 1.807) is 6.07 Å². The Hall–Kier alpha value is -1.45. The molecule has 0 saturated heterocycles. The molecular formula is C16H27N3O. The Kier molecular flexibility index (Phi) is 4.73. The van der Waals surface area contributed by atoms with Crippen LogP contribution in [0.1, 0.15) is 56.9 Å². The molecule has 0 aliphatic heterocycles. The summed E-state index contributed by atoms with van der Waals surface area (Å²) >= 11 is 0. The third-order valence-corrected chi connectivity index (χ3v) is 4.64. The van der Waals surface area contributed by atoms with Crippen molar-refractivity contribution in [2.75, 3.05) is 5.73 Å². The minimum atomic E-state index is 0.0149. The first-order chi connectivity index (χ1) is 9.52. The van der Waals surface area contributed by atoms with Crippen LogP contribution in [0.3, 0.4) is 0 Å². The lowest BCUT2D eigenvalue weighted by atomic mass is 9.78. The Morgan fingerprint density at radius 3 is 2.90 bits per heavy atom. The van der Waals surface area contributed by atoms with Crippen LogP contribution in [-0.4, -0.2) is 16.5 Å². The first kappa shape index (κ1) is 14.9. The van der Waals surface area contributed by atoms with E-state index in [4.69, 9.17) is 5.73 Å². The normalized spacial score (nSPS) is 26.4. The molecule has 1 heterocycles. The minimum absolute atomic E-state index is 0.0149. The molecule has 1 aromatic heterocycles. The summed E-state index contributed by atoms with van der Waals surface area (Å²) in [6, 6.07) is 2.07. The molecular weight excluding hydrogens is 250 g/mol. The summed E-state index contributed by atoms with van der Waals surface area (Å²) in [6.45, 7) is 7.45. The highest BCUT2D eigenvalue weighted by molar-refractivity contribution is 5.94. The highest BCUT2D eigenvalue weighted by atomic mass is 16.2. The number of hydrogen-bond acceptors (Lipinski definition) is 2. The van der Waals surface area contributed by atoms with Crippen LogP contribution in [0.4, 0.5) is 5.69 Å². The highest BCUT2D eigenvalue weighted by Gasteiger charge is 2.29. The molecule has 0 radical (unpaired) electrons. The van der Waals surface area contributed by atoms with Crippen molar-refractivity contribution < 1.29 is 4.79 Å². The summed E-state index contributed by atoms with van der Waals surface area (Å²) in [6.07, 6.45) is 6.40. The second-order valence-corrected chi connectivity index (χ2v) is 6.20. The molecule has 112 valence electrons.